The van der Waals surface area contributed by atoms with Crippen LogP contribution < -0.4 is 14.9 Å². The molecule has 5 nitrogen and oxygen atoms in total. The van der Waals surface area contributed by atoms with Crippen LogP contribution in [0.25, 0.3) is 0 Å². The monoisotopic (exact) mass is 371 g/mol. The SMILES string of the molecule is O=S(=O)(NC1CCN(c2cccc3c2CCNC3)CC1)c1ccccc1. The first-order chi connectivity index (χ1) is 12.6. The van der Waals surface area contributed by atoms with Gasteiger partial charge in [0.1, 0.15) is 0 Å². The molecule has 0 unspecified atom stereocenters. The van der Waals surface area contributed by atoms with Gasteiger partial charge in [-0.05, 0) is 55.1 Å². The van der Waals surface area contributed by atoms with Crippen molar-refractivity contribution in [2.75, 3.05) is 24.5 Å². The number of sulfonamides is 1. The van der Waals surface area contributed by atoms with E-state index in [-0.39, 0.29) is 6.04 Å². The first-order valence-electron chi connectivity index (χ1n) is 9.27. The zero-order valence-electron chi connectivity index (χ0n) is 14.8. The molecule has 26 heavy (non-hydrogen) atoms. The van der Waals surface area contributed by atoms with Crippen LogP contribution in [-0.2, 0) is 23.0 Å². The van der Waals surface area contributed by atoms with Crippen LogP contribution in [0, 0.1) is 0 Å². The standard InChI is InChI=1S/C20H25N3O2S/c24-26(25,18-6-2-1-3-7-18)22-17-10-13-23(14-11-17)20-8-4-5-16-15-21-12-9-19(16)20/h1-8,17,21-22H,9-15H2. The number of nitrogens with one attached hydrogen (secondary N) is 2. The van der Waals surface area contributed by atoms with E-state index < -0.39 is 10.0 Å². The van der Waals surface area contributed by atoms with E-state index in [0.717, 1.165) is 45.4 Å². The van der Waals surface area contributed by atoms with E-state index in [2.05, 4.69) is 33.1 Å². The minimum absolute atomic E-state index is 0.00217. The van der Waals surface area contributed by atoms with Crippen molar-refractivity contribution in [3.8, 4) is 0 Å². The minimum Gasteiger partial charge on any atom is -0.371 e. The Morgan fingerprint density at radius 1 is 1.00 bits per heavy atom. The summed E-state index contributed by atoms with van der Waals surface area (Å²) < 4.78 is 27.9. The first-order valence-corrected chi connectivity index (χ1v) is 10.8. The maximum absolute atomic E-state index is 12.5. The maximum atomic E-state index is 12.5. The molecule has 2 aromatic rings. The zero-order valence-corrected chi connectivity index (χ0v) is 15.6. The summed E-state index contributed by atoms with van der Waals surface area (Å²) in [5.74, 6) is 0. The highest BCUT2D eigenvalue weighted by Crippen LogP contribution is 2.29. The Morgan fingerprint density at radius 2 is 1.77 bits per heavy atom. The molecule has 4 rings (SSSR count). The summed E-state index contributed by atoms with van der Waals surface area (Å²) in [6.07, 6.45) is 2.72. The zero-order chi connectivity index (χ0) is 18.0. The first kappa shape index (κ1) is 17.5. The fourth-order valence-electron chi connectivity index (χ4n) is 3.93. The van der Waals surface area contributed by atoms with Gasteiger partial charge in [-0.2, -0.15) is 0 Å². The van der Waals surface area contributed by atoms with E-state index in [0.29, 0.717) is 4.90 Å². The van der Waals surface area contributed by atoms with Crippen LogP contribution >= 0.6 is 0 Å². The Kier molecular flexibility index (Phi) is 4.98. The predicted molar refractivity (Wildman–Crippen MR) is 104 cm³/mol. The van der Waals surface area contributed by atoms with Gasteiger partial charge in [0.25, 0.3) is 0 Å². The molecule has 0 amide bonds. The van der Waals surface area contributed by atoms with E-state index in [1.807, 2.05) is 6.07 Å². The van der Waals surface area contributed by atoms with Crippen molar-refractivity contribution in [1.82, 2.24) is 10.0 Å². The van der Waals surface area contributed by atoms with Crippen molar-refractivity contribution in [2.24, 2.45) is 0 Å². The topological polar surface area (TPSA) is 61.4 Å². The molecular weight excluding hydrogens is 346 g/mol. The second-order valence-electron chi connectivity index (χ2n) is 7.04. The van der Waals surface area contributed by atoms with Gasteiger partial charge in [0, 0.05) is 31.4 Å². The van der Waals surface area contributed by atoms with E-state index in [4.69, 9.17) is 0 Å². The lowest BCUT2D eigenvalue weighted by Gasteiger charge is -2.36. The van der Waals surface area contributed by atoms with Crippen LogP contribution in [0.15, 0.2) is 53.4 Å². The van der Waals surface area contributed by atoms with E-state index in [9.17, 15) is 8.42 Å². The molecule has 0 radical (unpaired) electrons. The van der Waals surface area contributed by atoms with Crippen LogP contribution in [-0.4, -0.2) is 34.1 Å². The molecule has 2 aliphatic rings. The lowest BCUT2D eigenvalue weighted by molar-refractivity contribution is 0.459. The van der Waals surface area contributed by atoms with Crippen LogP contribution in [0.2, 0.25) is 0 Å². The predicted octanol–water partition coefficient (Wildman–Crippen LogP) is 2.28. The summed E-state index contributed by atoms with van der Waals surface area (Å²) >= 11 is 0. The number of rotatable bonds is 4. The maximum Gasteiger partial charge on any atom is 0.240 e. The van der Waals surface area contributed by atoms with Crippen LogP contribution in [0.4, 0.5) is 5.69 Å². The molecule has 2 N–H and O–H groups in total. The molecule has 2 heterocycles. The molecule has 0 aromatic heterocycles. The van der Waals surface area contributed by atoms with Gasteiger partial charge in [-0.3, -0.25) is 0 Å². The number of fused-ring (bicyclic) bond motifs is 1. The number of anilines is 1. The van der Waals surface area contributed by atoms with E-state index in [1.54, 1.807) is 24.3 Å². The molecule has 0 spiro atoms. The Morgan fingerprint density at radius 3 is 2.54 bits per heavy atom. The molecule has 138 valence electrons. The summed E-state index contributed by atoms with van der Waals surface area (Å²) in [5.41, 5.74) is 4.17. The Balaban J connectivity index is 1.42. The lowest BCUT2D eigenvalue weighted by Crippen LogP contribution is -2.45. The van der Waals surface area contributed by atoms with Crippen molar-refractivity contribution < 1.29 is 8.42 Å². The highest BCUT2D eigenvalue weighted by atomic mass is 32.2. The molecule has 0 bridgehead atoms. The molecule has 2 aliphatic heterocycles. The molecular formula is C20H25N3O2S. The fraction of sp³-hybridized carbons (Fsp3) is 0.400. The van der Waals surface area contributed by atoms with Crippen LogP contribution in [0.1, 0.15) is 24.0 Å². The molecule has 6 heteroatoms. The molecule has 0 atom stereocenters. The Bertz CT molecular complexity index is 860. The Labute approximate surface area is 155 Å². The molecule has 2 aromatic carbocycles. The number of hydrogen-bond acceptors (Lipinski definition) is 4. The van der Waals surface area contributed by atoms with Gasteiger partial charge in [-0.15, -0.1) is 0 Å². The number of hydrogen-bond donors (Lipinski definition) is 2. The molecule has 1 saturated heterocycles. The number of piperidine rings is 1. The van der Waals surface area contributed by atoms with Crippen molar-refractivity contribution in [3.63, 3.8) is 0 Å². The third kappa shape index (κ3) is 3.63. The average Bonchev–Trinajstić information content (AvgIpc) is 2.69. The average molecular weight is 372 g/mol. The highest BCUT2D eigenvalue weighted by molar-refractivity contribution is 7.89. The second-order valence-corrected chi connectivity index (χ2v) is 8.75. The lowest BCUT2D eigenvalue weighted by atomic mass is 9.96. The van der Waals surface area contributed by atoms with Gasteiger partial charge in [0.2, 0.25) is 10.0 Å². The van der Waals surface area contributed by atoms with Crippen LogP contribution in [0.3, 0.4) is 0 Å². The van der Waals surface area contributed by atoms with E-state index >= 15 is 0 Å². The Hall–Kier alpha value is -1.89. The highest BCUT2D eigenvalue weighted by Gasteiger charge is 2.26. The van der Waals surface area contributed by atoms with Crippen molar-refractivity contribution in [3.05, 3.63) is 59.7 Å². The fourth-order valence-corrected chi connectivity index (χ4v) is 5.26. The minimum atomic E-state index is -3.43. The van der Waals surface area contributed by atoms with Gasteiger partial charge in [0.05, 0.1) is 4.90 Å². The van der Waals surface area contributed by atoms with Gasteiger partial charge in [-0.25, -0.2) is 13.1 Å². The normalized spacial score (nSPS) is 18.5. The van der Waals surface area contributed by atoms with Crippen LogP contribution in [0.5, 0.6) is 0 Å². The summed E-state index contributed by atoms with van der Waals surface area (Å²) in [7, 11) is -3.43. The summed E-state index contributed by atoms with van der Waals surface area (Å²) in [6.45, 7) is 3.73. The summed E-state index contributed by atoms with van der Waals surface area (Å²) in [4.78, 5) is 2.75. The summed E-state index contributed by atoms with van der Waals surface area (Å²) in [5, 5.41) is 3.42. The molecule has 0 saturated carbocycles. The van der Waals surface area contributed by atoms with Crippen molar-refractivity contribution in [1.29, 1.82) is 0 Å². The third-order valence-corrected chi connectivity index (χ3v) is 6.86. The van der Waals surface area contributed by atoms with E-state index in [1.165, 1.54) is 16.8 Å². The third-order valence-electron chi connectivity index (χ3n) is 5.33. The quantitative estimate of drug-likeness (QED) is 0.866. The number of nitrogens with zero attached hydrogens (tertiary/aromatic N) is 1. The van der Waals surface area contributed by atoms with Gasteiger partial charge in [0.15, 0.2) is 0 Å². The van der Waals surface area contributed by atoms with Gasteiger partial charge in [-0.1, -0.05) is 30.3 Å². The van der Waals surface area contributed by atoms with Gasteiger partial charge >= 0.3 is 0 Å². The van der Waals surface area contributed by atoms with Gasteiger partial charge < -0.3 is 10.2 Å². The van der Waals surface area contributed by atoms with Crippen molar-refractivity contribution in [2.45, 2.75) is 36.7 Å². The second kappa shape index (κ2) is 7.39. The molecule has 0 aliphatic carbocycles. The smallest absolute Gasteiger partial charge is 0.240 e. The van der Waals surface area contributed by atoms with Crippen molar-refractivity contribution >= 4 is 15.7 Å². The number of benzene rings is 2. The molecule has 1 fully saturated rings. The summed E-state index contributed by atoms with van der Waals surface area (Å²) in [6, 6.07) is 15.2. The largest absolute Gasteiger partial charge is 0.371 e.